The molecule has 2 heteroatoms. The van der Waals surface area contributed by atoms with Crippen LogP contribution in [0.25, 0.3) is 0 Å². The summed E-state index contributed by atoms with van der Waals surface area (Å²) >= 11 is 0. The Bertz CT molecular complexity index is 159. The van der Waals surface area contributed by atoms with Crippen LogP contribution < -0.4 is 0 Å². The van der Waals surface area contributed by atoms with E-state index in [1.807, 2.05) is 19.9 Å². The molecular formula is C8H13NO. The molecule has 0 N–H and O–H groups in total. The maximum atomic E-state index is 10.5. The molecule has 2 nitrogen and oxygen atoms in total. The van der Waals surface area contributed by atoms with E-state index in [2.05, 4.69) is 0 Å². The minimum absolute atomic E-state index is 0.508. The molecule has 1 rings (SSSR count). The Kier molecular flexibility index (Phi) is 2.10. The van der Waals surface area contributed by atoms with Gasteiger partial charge in [0, 0.05) is 11.7 Å². The Morgan fingerprint density at radius 3 is 2.50 bits per heavy atom. The van der Waals surface area contributed by atoms with Gasteiger partial charge in [0.15, 0.2) is 0 Å². The van der Waals surface area contributed by atoms with Gasteiger partial charge in [-0.3, -0.25) is 4.79 Å². The first-order chi connectivity index (χ1) is 4.79. The molecule has 0 aromatic carbocycles. The van der Waals surface area contributed by atoms with E-state index in [9.17, 15) is 4.79 Å². The van der Waals surface area contributed by atoms with Crippen LogP contribution >= 0.6 is 0 Å². The zero-order valence-electron chi connectivity index (χ0n) is 6.50. The molecule has 0 aliphatic heterocycles. The average molecular weight is 139 g/mol. The van der Waals surface area contributed by atoms with Crippen molar-refractivity contribution in [2.24, 2.45) is 0 Å². The van der Waals surface area contributed by atoms with Gasteiger partial charge in [-0.1, -0.05) is 6.08 Å². The van der Waals surface area contributed by atoms with E-state index in [1.54, 1.807) is 4.90 Å². The zero-order valence-corrected chi connectivity index (χ0v) is 6.50. The van der Waals surface area contributed by atoms with Crippen molar-refractivity contribution in [3.8, 4) is 0 Å². The molecule has 1 aliphatic carbocycles. The molecule has 1 saturated carbocycles. The van der Waals surface area contributed by atoms with Crippen LogP contribution in [0.4, 0.5) is 0 Å². The Labute approximate surface area is 61.5 Å². The number of rotatable bonds is 3. The maximum absolute atomic E-state index is 10.5. The van der Waals surface area contributed by atoms with Crippen LogP contribution in [0.2, 0.25) is 0 Å². The zero-order chi connectivity index (χ0) is 7.56. The Balaban J connectivity index is 2.54. The highest BCUT2D eigenvalue weighted by molar-refractivity contribution is 5.52. The second kappa shape index (κ2) is 2.86. The van der Waals surface area contributed by atoms with Crippen LogP contribution in [0.1, 0.15) is 26.7 Å². The van der Waals surface area contributed by atoms with Gasteiger partial charge in [-0.25, -0.2) is 0 Å². The van der Waals surface area contributed by atoms with Crippen molar-refractivity contribution < 1.29 is 4.79 Å². The molecule has 10 heavy (non-hydrogen) atoms. The number of nitrogens with zero attached hydrogens (tertiary/aromatic N) is 1. The summed E-state index contributed by atoms with van der Waals surface area (Å²) in [5, 5.41) is 0. The van der Waals surface area contributed by atoms with Gasteiger partial charge in [-0.05, 0) is 26.7 Å². The summed E-state index contributed by atoms with van der Waals surface area (Å²) in [6, 6.07) is 0.508. The van der Waals surface area contributed by atoms with Gasteiger partial charge in [0.2, 0.25) is 6.41 Å². The quantitative estimate of drug-likeness (QED) is 0.543. The van der Waals surface area contributed by atoms with E-state index in [-0.39, 0.29) is 0 Å². The molecular weight excluding hydrogens is 126 g/mol. The molecule has 0 unspecified atom stereocenters. The highest BCUT2D eigenvalue weighted by Gasteiger charge is 2.28. The molecule has 0 heterocycles. The van der Waals surface area contributed by atoms with Gasteiger partial charge in [0.25, 0.3) is 0 Å². The fraction of sp³-hybridized carbons (Fsp3) is 0.625. The largest absolute Gasteiger partial charge is 0.316 e. The van der Waals surface area contributed by atoms with Crippen LogP contribution in [0.3, 0.4) is 0 Å². The summed E-state index contributed by atoms with van der Waals surface area (Å²) in [5.41, 5.74) is 1.07. The normalized spacial score (nSPS) is 18.8. The topological polar surface area (TPSA) is 20.3 Å². The third-order valence-corrected chi connectivity index (χ3v) is 1.88. The summed E-state index contributed by atoms with van der Waals surface area (Å²) in [6.45, 7) is 3.92. The predicted octanol–water partition coefficient (Wildman–Crippen LogP) is 1.53. The van der Waals surface area contributed by atoms with E-state index in [1.165, 1.54) is 12.8 Å². The van der Waals surface area contributed by atoms with Gasteiger partial charge in [0.1, 0.15) is 0 Å². The van der Waals surface area contributed by atoms with Gasteiger partial charge in [0.05, 0.1) is 0 Å². The van der Waals surface area contributed by atoms with Crippen molar-refractivity contribution in [2.45, 2.75) is 32.7 Å². The van der Waals surface area contributed by atoms with E-state index in [4.69, 9.17) is 0 Å². The van der Waals surface area contributed by atoms with Crippen LogP contribution in [0.15, 0.2) is 11.8 Å². The molecule has 0 atom stereocenters. The van der Waals surface area contributed by atoms with Crippen molar-refractivity contribution >= 4 is 6.41 Å². The summed E-state index contributed by atoms with van der Waals surface area (Å²) in [4.78, 5) is 12.3. The molecule has 56 valence electrons. The summed E-state index contributed by atoms with van der Waals surface area (Å²) < 4.78 is 0. The first-order valence-corrected chi connectivity index (χ1v) is 3.66. The third-order valence-electron chi connectivity index (χ3n) is 1.88. The number of allylic oxidation sites excluding steroid dienone is 2. The minimum Gasteiger partial charge on any atom is -0.316 e. The van der Waals surface area contributed by atoms with E-state index in [0.29, 0.717) is 6.04 Å². The van der Waals surface area contributed by atoms with Gasteiger partial charge < -0.3 is 4.90 Å². The second-order valence-electron chi connectivity index (χ2n) is 2.67. The lowest BCUT2D eigenvalue weighted by Crippen LogP contribution is -2.21. The van der Waals surface area contributed by atoms with E-state index < -0.39 is 0 Å². The molecule has 1 aliphatic rings. The summed E-state index contributed by atoms with van der Waals surface area (Å²) in [7, 11) is 0. The van der Waals surface area contributed by atoms with Crippen LogP contribution in [-0.2, 0) is 4.79 Å². The number of carbonyl (C=O) groups is 1. The highest BCUT2D eigenvalue weighted by Crippen LogP contribution is 2.28. The second-order valence-corrected chi connectivity index (χ2v) is 2.67. The predicted molar refractivity (Wildman–Crippen MR) is 40.4 cm³/mol. The Morgan fingerprint density at radius 1 is 1.60 bits per heavy atom. The molecule has 1 fully saturated rings. The molecule has 0 radical (unpaired) electrons. The Hall–Kier alpha value is -0.790. The fourth-order valence-corrected chi connectivity index (χ4v) is 0.959. The van der Waals surface area contributed by atoms with Crippen molar-refractivity contribution in [1.29, 1.82) is 0 Å². The summed E-state index contributed by atoms with van der Waals surface area (Å²) in [5.74, 6) is 0. The van der Waals surface area contributed by atoms with Crippen molar-refractivity contribution in [1.82, 2.24) is 4.90 Å². The summed E-state index contributed by atoms with van der Waals surface area (Å²) in [6.07, 6.45) is 5.23. The van der Waals surface area contributed by atoms with Gasteiger partial charge in [-0.15, -0.1) is 0 Å². The number of hydrogen-bond donors (Lipinski definition) is 0. The molecule has 1 amide bonds. The third kappa shape index (κ3) is 1.38. The van der Waals surface area contributed by atoms with E-state index in [0.717, 1.165) is 12.1 Å². The average Bonchev–Trinajstić information content (AvgIpc) is 2.73. The van der Waals surface area contributed by atoms with Crippen LogP contribution in [0.5, 0.6) is 0 Å². The number of carbonyl (C=O) groups excluding carboxylic acids is 1. The maximum Gasteiger partial charge on any atom is 0.214 e. The minimum atomic E-state index is 0.508. The standard InChI is InChI=1S/C8H13NO/c1-3-7(2)9(6-10)8-4-5-8/h3,6,8H,4-5H2,1-2H3/b7-3-. The lowest BCUT2D eigenvalue weighted by atomic mass is 10.4. The number of hydrogen-bond acceptors (Lipinski definition) is 1. The molecule has 0 aromatic rings. The molecule has 0 bridgehead atoms. The van der Waals surface area contributed by atoms with Crippen molar-refractivity contribution in [3.63, 3.8) is 0 Å². The van der Waals surface area contributed by atoms with Crippen molar-refractivity contribution in [3.05, 3.63) is 11.8 Å². The highest BCUT2D eigenvalue weighted by atomic mass is 16.1. The van der Waals surface area contributed by atoms with Crippen LogP contribution in [-0.4, -0.2) is 17.4 Å². The first kappa shape index (κ1) is 7.32. The lowest BCUT2D eigenvalue weighted by molar-refractivity contribution is -0.116. The molecule has 0 saturated heterocycles. The molecule has 0 aromatic heterocycles. The smallest absolute Gasteiger partial charge is 0.214 e. The number of amides is 1. The SMILES string of the molecule is C/C=C(/C)N(C=O)C1CC1. The Morgan fingerprint density at radius 2 is 2.20 bits per heavy atom. The monoisotopic (exact) mass is 139 g/mol. The van der Waals surface area contributed by atoms with Gasteiger partial charge >= 0.3 is 0 Å². The first-order valence-electron chi connectivity index (χ1n) is 3.66. The van der Waals surface area contributed by atoms with Crippen molar-refractivity contribution in [2.75, 3.05) is 0 Å². The van der Waals surface area contributed by atoms with Crippen LogP contribution in [0, 0.1) is 0 Å². The van der Waals surface area contributed by atoms with Gasteiger partial charge in [-0.2, -0.15) is 0 Å². The lowest BCUT2D eigenvalue weighted by Gasteiger charge is -2.15. The fourth-order valence-electron chi connectivity index (χ4n) is 0.959. The van der Waals surface area contributed by atoms with E-state index >= 15 is 0 Å². The molecule has 0 spiro atoms.